The molecule has 0 saturated carbocycles. The van der Waals surface area contributed by atoms with Crippen LogP contribution in [0.15, 0.2) is 33.5 Å². The van der Waals surface area contributed by atoms with Gasteiger partial charge in [0, 0.05) is 5.39 Å². The average Bonchev–Trinajstić information content (AvgIpc) is 2.27. The van der Waals surface area contributed by atoms with E-state index in [1.807, 2.05) is 6.07 Å². The minimum absolute atomic E-state index is 0.258. The summed E-state index contributed by atoms with van der Waals surface area (Å²) in [4.78, 5) is 21.9. The van der Waals surface area contributed by atoms with Crippen molar-refractivity contribution < 1.29 is 14.3 Å². The molecule has 1 N–H and O–H groups in total. The zero-order chi connectivity index (χ0) is 11.7. The van der Waals surface area contributed by atoms with E-state index in [4.69, 9.17) is 14.8 Å². The van der Waals surface area contributed by atoms with Crippen molar-refractivity contribution in [2.75, 3.05) is 0 Å². The zero-order valence-electron chi connectivity index (χ0n) is 7.93. The molecule has 0 radical (unpaired) electrons. The Morgan fingerprint density at radius 1 is 1.38 bits per heavy atom. The number of rotatable bonds is 1. The van der Waals surface area contributed by atoms with Crippen LogP contribution in [-0.2, 0) is 0 Å². The number of carboxylic acid groups (broad SMARTS) is 1. The second-order valence-electron chi connectivity index (χ2n) is 3.12. The van der Waals surface area contributed by atoms with E-state index < -0.39 is 17.2 Å². The summed E-state index contributed by atoms with van der Waals surface area (Å²) < 4.78 is 4.81. The molecule has 1 aromatic heterocycles. The largest absolute Gasteiger partial charge is 0.477 e. The molecule has 2 rings (SSSR count). The summed E-state index contributed by atoms with van der Waals surface area (Å²) in [7, 11) is 0. The highest BCUT2D eigenvalue weighted by atomic mass is 16.4. The zero-order valence-corrected chi connectivity index (χ0v) is 7.93. The van der Waals surface area contributed by atoms with E-state index in [2.05, 4.69) is 0 Å². The molecule has 2 aromatic rings. The van der Waals surface area contributed by atoms with Gasteiger partial charge >= 0.3 is 11.6 Å². The van der Waals surface area contributed by atoms with Crippen molar-refractivity contribution in [3.8, 4) is 6.07 Å². The van der Waals surface area contributed by atoms with E-state index >= 15 is 0 Å². The molecule has 5 nitrogen and oxygen atoms in total. The number of fused-ring (bicyclic) bond motifs is 1. The molecule has 0 amide bonds. The lowest BCUT2D eigenvalue weighted by atomic mass is 10.1. The molecule has 0 spiro atoms. The summed E-state index contributed by atoms with van der Waals surface area (Å²) >= 11 is 0. The molecule has 0 bridgehead atoms. The summed E-state index contributed by atoms with van der Waals surface area (Å²) in [6, 6.07) is 7.53. The standard InChI is InChI=1S/C11H5NO4/c12-5-6-1-2-9-7(3-6)4-8(10(13)14)11(15)16-9/h1-4H,(H,13,14). The lowest BCUT2D eigenvalue weighted by Crippen LogP contribution is -2.12. The van der Waals surface area contributed by atoms with Gasteiger partial charge in [-0.15, -0.1) is 0 Å². The van der Waals surface area contributed by atoms with Gasteiger partial charge in [0.25, 0.3) is 0 Å². The van der Waals surface area contributed by atoms with Crippen LogP contribution in [0.2, 0.25) is 0 Å². The van der Waals surface area contributed by atoms with E-state index in [1.54, 1.807) is 0 Å². The highest BCUT2D eigenvalue weighted by Crippen LogP contribution is 2.15. The van der Waals surface area contributed by atoms with Crippen molar-refractivity contribution in [1.29, 1.82) is 5.26 Å². The van der Waals surface area contributed by atoms with E-state index in [0.29, 0.717) is 10.9 Å². The van der Waals surface area contributed by atoms with Gasteiger partial charge in [0.15, 0.2) is 0 Å². The first-order chi connectivity index (χ1) is 7.61. The molecule has 0 atom stereocenters. The SMILES string of the molecule is N#Cc1ccc2oc(=O)c(C(=O)O)cc2c1. The number of carboxylic acids is 1. The third kappa shape index (κ3) is 1.53. The maximum absolute atomic E-state index is 11.2. The third-order valence-electron chi connectivity index (χ3n) is 2.09. The molecule has 0 aliphatic carbocycles. The topological polar surface area (TPSA) is 91.3 Å². The molecule has 1 heterocycles. The van der Waals surface area contributed by atoms with Crippen LogP contribution in [0.1, 0.15) is 15.9 Å². The Hall–Kier alpha value is -2.61. The van der Waals surface area contributed by atoms with Gasteiger partial charge in [-0.2, -0.15) is 5.26 Å². The van der Waals surface area contributed by atoms with Crippen LogP contribution in [-0.4, -0.2) is 11.1 Å². The van der Waals surface area contributed by atoms with Crippen molar-refractivity contribution in [2.24, 2.45) is 0 Å². The van der Waals surface area contributed by atoms with Crippen molar-refractivity contribution in [2.45, 2.75) is 0 Å². The maximum Gasteiger partial charge on any atom is 0.351 e. The fourth-order valence-corrected chi connectivity index (χ4v) is 1.34. The number of benzene rings is 1. The Bertz CT molecular complexity index is 678. The lowest BCUT2D eigenvalue weighted by molar-refractivity contribution is 0.0692. The van der Waals surface area contributed by atoms with Gasteiger partial charge in [-0.05, 0) is 24.3 Å². The van der Waals surface area contributed by atoms with Gasteiger partial charge in [0.2, 0.25) is 0 Å². The molecular formula is C11H5NO4. The third-order valence-corrected chi connectivity index (χ3v) is 2.09. The fraction of sp³-hybridized carbons (Fsp3) is 0. The fourth-order valence-electron chi connectivity index (χ4n) is 1.34. The van der Waals surface area contributed by atoms with Gasteiger partial charge in [-0.3, -0.25) is 0 Å². The number of nitrogens with zero attached hydrogens (tertiary/aromatic N) is 1. The molecule has 0 saturated heterocycles. The predicted molar refractivity (Wildman–Crippen MR) is 54.2 cm³/mol. The van der Waals surface area contributed by atoms with Crippen LogP contribution < -0.4 is 5.63 Å². The molecule has 0 aliphatic heterocycles. The van der Waals surface area contributed by atoms with Crippen LogP contribution in [0.3, 0.4) is 0 Å². The minimum Gasteiger partial charge on any atom is -0.477 e. The normalized spacial score (nSPS) is 9.94. The molecule has 0 aliphatic rings. The van der Waals surface area contributed by atoms with Crippen LogP contribution in [0.4, 0.5) is 0 Å². The average molecular weight is 215 g/mol. The molecule has 16 heavy (non-hydrogen) atoms. The molecule has 0 fully saturated rings. The molecule has 1 aromatic carbocycles. The molecule has 5 heteroatoms. The first kappa shape index (κ1) is 9.93. The van der Waals surface area contributed by atoms with E-state index in [9.17, 15) is 9.59 Å². The summed E-state index contributed by atoms with van der Waals surface area (Å²) in [5.41, 5.74) is -0.709. The van der Waals surface area contributed by atoms with Gasteiger partial charge in [0.1, 0.15) is 11.1 Å². The van der Waals surface area contributed by atoms with Gasteiger partial charge < -0.3 is 9.52 Å². The summed E-state index contributed by atoms with van der Waals surface area (Å²) in [5, 5.41) is 17.8. The Morgan fingerprint density at radius 2 is 2.12 bits per heavy atom. The van der Waals surface area contributed by atoms with Crippen LogP contribution in [0.5, 0.6) is 0 Å². The van der Waals surface area contributed by atoms with Crippen LogP contribution in [0, 0.1) is 11.3 Å². The van der Waals surface area contributed by atoms with Gasteiger partial charge in [0.05, 0.1) is 11.6 Å². The van der Waals surface area contributed by atoms with Gasteiger partial charge in [-0.1, -0.05) is 0 Å². The first-order valence-electron chi connectivity index (χ1n) is 4.33. The Labute approximate surface area is 89.2 Å². The highest BCUT2D eigenvalue weighted by molar-refractivity contribution is 5.91. The predicted octanol–water partition coefficient (Wildman–Crippen LogP) is 1.36. The van der Waals surface area contributed by atoms with Crippen molar-refractivity contribution >= 4 is 16.9 Å². The Kier molecular flexibility index (Phi) is 2.18. The smallest absolute Gasteiger partial charge is 0.351 e. The number of hydrogen-bond donors (Lipinski definition) is 1. The summed E-state index contributed by atoms with van der Waals surface area (Å²) in [5.74, 6) is -1.35. The summed E-state index contributed by atoms with van der Waals surface area (Å²) in [6.07, 6.45) is 0. The van der Waals surface area contributed by atoms with Crippen LogP contribution in [0.25, 0.3) is 11.0 Å². The van der Waals surface area contributed by atoms with Crippen LogP contribution >= 0.6 is 0 Å². The number of carbonyl (C=O) groups is 1. The molecule has 0 unspecified atom stereocenters. The van der Waals surface area contributed by atoms with Gasteiger partial charge in [-0.25, -0.2) is 9.59 Å². The number of hydrogen-bond acceptors (Lipinski definition) is 4. The second kappa shape index (κ2) is 3.51. The van der Waals surface area contributed by atoms with Crippen molar-refractivity contribution in [1.82, 2.24) is 0 Å². The highest BCUT2D eigenvalue weighted by Gasteiger charge is 2.11. The molecule has 78 valence electrons. The van der Waals surface area contributed by atoms with Crippen molar-refractivity contribution in [3.05, 3.63) is 45.8 Å². The second-order valence-corrected chi connectivity index (χ2v) is 3.12. The number of nitriles is 1. The maximum atomic E-state index is 11.2. The lowest BCUT2D eigenvalue weighted by Gasteiger charge is -1.98. The minimum atomic E-state index is -1.35. The van der Waals surface area contributed by atoms with Crippen molar-refractivity contribution in [3.63, 3.8) is 0 Å². The monoisotopic (exact) mass is 215 g/mol. The molecular weight excluding hydrogens is 210 g/mol. The first-order valence-corrected chi connectivity index (χ1v) is 4.33. The number of aromatic carboxylic acids is 1. The Balaban J connectivity index is 2.82. The van der Waals surface area contributed by atoms with E-state index in [1.165, 1.54) is 24.3 Å². The quantitative estimate of drug-likeness (QED) is 0.725. The summed E-state index contributed by atoms with van der Waals surface area (Å²) in [6.45, 7) is 0. The Morgan fingerprint density at radius 3 is 2.75 bits per heavy atom. The van der Waals surface area contributed by atoms with E-state index in [-0.39, 0.29) is 5.58 Å². The van der Waals surface area contributed by atoms with E-state index in [0.717, 1.165) is 0 Å².